The summed E-state index contributed by atoms with van der Waals surface area (Å²) < 4.78 is 2.05. The lowest BCUT2D eigenvalue weighted by Crippen LogP contribution is -2.02. The Bertz CT molecular complexity index is 466. The van der Waals surface area contributed by atoms with Gasteiger partial charge in [-0.05, 0) is 38.0 Å². The fraction of sp³-hybridized carbons (Fsp3) is 0.357. The second-order valence-electron chi connectivity index (χ2n) is 4.27. The molecule has 0 aliphatic heterocycles. The van der Waals surface area contributed by atoms with Crippen molar-refractivity contribution < 1.29 is 0 Å². The summed E-state index contributed by atoms with van der Waals surface area (Å²) in [6.07, 6.45) is 4.18. The van der Waals surface area contributed by atoms with Crippen LogP contribution in [0.4, 0.5) is 0 Å². The van der Waals surface area contributed by atoms with Crippen LogP contribution >= 0.6 is 0 Å². The molecule has 0 saturated heterocycles. The van der Waals surface area contributed by atoms with Gasteiger partial charge in [0.2, 0.25) is 0 Å². The molecule has 0 saturated carbocycles. The van der Waals surface area contributed by atoms with Crippen LogP contribution in [-0.2, 0) is 6.42 Å². The zero-order valence-electron chi connectivity index (χ0n) is 10.2. The number of nitrogens with zero attached hydrogens (tertiary/aromatic N) is 2. The average Bonchev–Trinajstić information content (AvgIpc) is 2.63. The highest BCUT2D eigenvalue weighted by Crippen LogP contribution is 2.16. The van der Waals surface area contributed by atoms with Crippen molar-refractivity contribution in [2.75, 3.05) is 0 Å². The normalized spacial score (nSPS) is 10.7. The monoisotopic (exact) mass is 214 g/mol. The number of hydrogen-bond donors (Lipinski definition) is 0. The second-order valence-corrected chi connectivity index (χ2v) is 4.27. The van der Waals surface area contributed by atoms with E-state index in [2.05, 4.69) is 54.8 Å². The SMILES string of the molecule is CCCc1c(C)cnn1-c1ccc(C)cc1. The first-order valence-electron chi connectivity index (χ1n) is 5.83. The molecule has 0 bridgehead atoms. The molecule has 0 aliphatic rings. The molecule has 2 aromatic rings. The average molecular weight is 214 g/mol. The van der Waals surface area contributed by atoms with Gasteiger partial charge in [0, 0.05) is 5.69 Å². The van der Waals surface area contributed by atoms with E-state index in [1.165, 1.54) is 16.8 Å². The molecule has 1 heterocycles. The van der Waals surface area contributed by atoms with Gasteiger partial charge in [-0.1, -0.05) is 31.0 Å². The number of rotatable bonds is 3. The largest absolute Gasteiger partial charge is 0.238 e. The van der Waals surface area contributed by atoms with Gasteiger partial charge in [0.1, 0.15) is 0 Å². The van der Waals surface area contributed by atoms with Crippen molar-refractivity contribution in [2.45, 2.75) is 33.6 Å². The van der Waals surface area contributed by atoms with Gasteiger partial charge >= 0.3 is 0 Å². The van der Waals surface area contributed by atoms with Crippen LogP contribution in [0, 0.1) is 13.8 Å². The predicted molar refractivity (Wildman–Crippen MR) is 67.0 cm³/mol. The topological polar surface area (TPSA) is 17.8 Å². The van der Waals surface area contributed by atoms with Gasteiger partial charge in [-0.25, -0.2) is 4.68 Å². The third kappa shape index (κ3) is 2.01. The van der Waals surface area contributed by atoms with Crippen LogP contribution in [-0.4, -0.2) is 9.78 Å². The van der Waals surface area contributed by atoms with Crippen molar-refractivity contribution in [3.8, 4) is 5.69 Å². The van der Waals surface area contributed by atoms with E-state index in [1.54, 1.807) is 0 Å². The van der Waals surface area contributed by atoms with E-state index in [0.29, 0.717) is 0 Å². The maximum Gasteiger partial charge on any atom is 0.0649 e. The highest BCUT2D eigenvalue weighted by molar-refractivity contribution is 5.36. The molecule has 1 aromatic carbocycles. The molecule has 0 aliphatic carbocycles. The Morgan fingerprint density at radius 2 is 1.81 bits per heavy atom. The fourth-order valence-electron chi connectivity index (χ4n) is 1.90. The van der Waals surface area contributed by atoms with Crippen molar-refractivity contribution in [2.24, 2.45) is 0 Å². The van der Waals surface area contributed by atoms with Gasteiger partial charge < -0.3 is 0 Å². The van der Waals surface area contributed by atoms with Crippen LogP contribution in [0.2, 0.25) is 0 Å². The first-order valence-corrected chi connectivity index (χ1v) is 5.83. The molecule has 16 heavy (non-hydrogen) atoms. The number of aryl methyl sites for hydroxylation is 2. The maximum atomic E-state index is 4.45. The Hall–Kier alpha value is -1.57. The Morgan fingerprint density at radius 3 is 2.44 bits per heavy atom. The molecule has 0 spiro atoms. The summed E-state index contributed by atoms with van der Waals surface area (Å²) in [7, 11) is 0. The number of aromatic nitrogens is 2. The smallest absolute Gasteiger partial charge is 0.0649 e. The lowest BCUT2D eigenvalue weighted by Gasteiger charge is -2.07. The molecule has 0 N–H and O–H groups in total. The van der Waals surface area contributed by atoms with Crippen molar-refractivity contribution >= 4 is 0 Å². The molecule has 0 fully saturated rings. The summed E-state index contributed by atoms with van der Waals surface area (Å²) in [5.41, 5.74) is 5.04. The Morgan fingerprint density at radius 1 is 1.12 bits per heavy atom. The van der Waals surface area contributed by atoms with Gasteiger partial charge in [-0.2, -0.15) is 5.10 Å². The van der Waals surface area contributed by atoms with Crippen LogP contribution < -0.4 is 0 Å². The summed E-state index contributed by atoms with van der Waals surface area (Å²) in [6.45, 7) is 6.43. The van der Waals surface area contributed by atoms with E-state index < -0.39 is 0 Å². The fourth-order valence-corrected chi connectivity index (χ4v) is 1.90. The standard InChI is InChI=1S/C14H18N2/c1-4-5-14-12(3)10-15-16(14)13-8-6-11(2)7-9-13/h6-10H,4-5H2,1-3H3. The van der Waals surface area contributed by atoms with E-state index in [9.17, 15) is 0 Å². The molecule has 0 unspecified atom stereocenters. The number of hydrogen-bond acceptors (Lipinski definition) is 1. The summed E-state index contributed by atoms with van der Waals surface area (Å²) in [4.78, 5) is 0. The van der Waals surface area contributed by atoms with Crippen molar-refractivity contribution in [3.63, 3.8) is 0 Å². The third-order valence-electron chi connectivity index (χ3n) is 2.84. The summed E-state index contributed by atoms with van der Waals surface area (Å²) in [5.74, 6) is 0. The predicted octanol–water partition coefficient (Wildman–Crippen LogP) is 3.44. The van der Waals surface area contributed by atoms with Crippen LogP contribution in [0.5, 0.6) is 0 Å². The molecule has 2 nitrogen and oxygen atoms in total. The Labute approximate surface area is 96.9 Å². The van der Waals surface area contributed by atoms with E-state index in [1.807, 2.05) is 6.20 Å². The molecule has 0 amide bonds. The highest BCUT2D eigenvalue weighted by atomic mass is 15.3. The van der Waals surface area contributed by atoms with Crippen molar-refractivity contribution in [1.82, 2.24) is 9.78 Å². The first-order chi connectivity index (χ1) is 7.72. The molecule has 1 aromatic heterocycles. The minimum absolute atomic E-state index is 1.08. The van der Waals surface area contributed by atoms with Crippen molar-refractivity contribution in [3.05, 3.63) is 47.3 Å². The van der Waals surface area contributed by atoms with Crippen LogP contribution in [0.25, 0.3) is 5.69 Å². The molecular formula is C14H18N2. The third-order valence-corrected chi connectivity index (χ3v) is 2.84. The quantitative estimate of drug-likeness (QED) is 0.765. The summed E-state index contributed by atoms with van der Waals surface area (Å²) in [6, 6.07) is 8.51. The van der Waals surface area contributed by atoms with Crippen molar-refractivity contribution in [1.29, 1.82) is 0 Å². The minimum atomic E-state index is 1.08. The van der Waals surface area contributed by atoms with Gasteiger partial charge in [0.05, 0.1) is 11.9 Å². The molecule has 2 heteroatoms. The number of benzene rings is 1. The van der Waals surface area contributed by atoms with Crippen LogP contribution in [0.15, 0.2) is 30.5 Å². The van der Waals surface area contributed by atoms with E-state index in [0.717, 1.165) is 18.5 Å². The zero-order chi connectivity index (χ0) is 11.5. The molecule has 2 rings (SSSR count). The molecule has 84 valence electrons. The first kappa shape index (κ1) is 10.9. The minimum Gasteiger partial charge on any atom is -0.238 e. The molecule has 0 atom stereocenters. The van der Waals surface area contributed by atoms with Gasteiger partial charge in [0.15, 0.2) is 0 Å². The maximum absolute atomic E-state index is 4.45. The lowest BCUT2D eigenvalue weighted by molar-refractivity contribution is 0.772. The van der Waals surface area contributed by atoms with Gasteiger partial charge in [-0.3, -0.25) is 0 Å². The summed E-state index contributed by atoms with van der Waals surface area (Å²) >= 11 is 0. The zero-order valence-corrected chi connectivity index (χ0v) is 10.2. The van der Waals surface area contributed by atoms with Gasteiger partial charge in [0.25, 0.3) is 0 Å². The second kappa shape index (κ2) is 4.52. The van der Waals surface area contributed by atoms with Crippen LogP contribution in [0.1, 0.15) is 30.2 Å². The summed E-state index contributed by atoms with van der Waals surface area (Å²) in [5, 5.41) is 4.45. The Kier molecular flexibility index (Phi) is 3.09. The molecule has 0 radical (unpaired) electrons. The van der Waals surface area contributed by atoms with E-state index in [4.69, 9.17) is 0 Å². The van der Waals surface area contributed by atoms with E-state index in [-0.39, 0.29) is 0 Å². The van der Waals surface area contributed by atoms with Gasteiger partial charge in [-0.15, -0.1) is 0 Å². The highest BCUT2D eigenvalue weighted by Gasteiger charge is 2.07. The lowest BCUT2D eigenvalue weighted by atomic mass is 10.1. The Balaban J connectivity index is 2.43. The van der Waals surface area contributed by atoms with E-state index >= 15 is 0 Å². The van der Waals surface area contributed by atoms with Crippen LogP contribution in [0.3, 0.4) is 0 Å². The molecular weight excluding hydrogens is 196 g/mol.